The van der Waals surface area contributed by atoms with Crippen molar-refractivity contribution in [1.82, 2.24) is 0 Å². The zero-order valence-electron chi connectivity index (χ0n) is 10.0. The van der Waals surface area contributed by atoms with Gasteiger partial charge in [0.25, 0.3) is 0 Å². The van der Waals surface area contributed by atoms with Crippen LogP contribution in [0.5, 0.6) is 5.75 Å². The van der Waals surface area contributed by atoms with E-state index in [1.54, 1.807) is 6.92 Å². The van der Waals surface area contributed by atoms with Gasteiger partial charge in [0, 0.05) is 11.6 Å². The Kier molecular flexibility index (Phi) is 4.22. The van der Waals surface area contributed by atoms with Gasteiger partial charge in [-0.25, -0.2) is 4.79 Å². The molecule has 0 aliphatic heterocycles. The van der Waals surface area contributed by atoms with Crippen LogP contribution in [0.15, 0.2) is 12.1 Å². The van der Waals surface area contributed by atoms with Crippen LogP contribution < -0.4 is 10.5 Å². The number of nitrogens with zero attached hydrogens (tertiary/aromatic N) is 1. The first-order chi connectivity index (χ1) is 8.34. The van der Waals surface area contributed by atoms with Crippen LogP contribution in [0.2, 0.25) is 0 Å². The molecule has 0 radical (unpaired) electrons. The number of hydrogen-bond acceptors (Lipinski definition) is 5. The molecule has 3 N–H and O–H groups in total. The quantitative estimate of drug-likeness (QED) is 0.604. The van der Waals surface area contributed by atoms with E-state index in [2.05, 4.69) is 0 Å². The Hall–Kier alpha value is -2.15. The van der Waals surface area contributed by atoms with Gasteiger partial charge in [0.2, 0.25) is 0 Å². The highest BCUT2D eigenvalue weighted by Crippen LogP contribution is 2.32. The Bertz CT molecular complexity index is 485. The summed E-state index contributed by atoms with van der Waals surface area (Å²) in [7, 11) is 0. The van der Waals surface area contributed by atoms with Gasteiger partial charge in [0.1, 0.15) is 6.61 Å². The first kappa shape index (κ1) is 13.9. The molecule has 7 nitrogen and oxygen atoms in total. The number of hydrogen-bond donors (Lipinski definition) is 2. The van der Waals surface area contributed by atoms with E-state index in [0.717, 1.165) is 0 Å². The van der Waals surface area contributed by atoms with Crippen molar-refractivity contribution in [2.45, 2.75) is 19.9 Å². The van der Waals surface area contributed by atoms with Gasteiger partial charge in [-0.3, -0.25) is 10.1 Å². The van der Waals surface area contributed by atoms with Crippen molar-refractivity contribution in [3.63, 3.8) is 0 Å². The van der Waals surface area contributed by atoms with Gasteiger partial charge < -0.3 is 15.6 Å². The van der Waals surface area contributed by atoms with Crippen LogP contribution in [0, 0.1) is 17.0 Å². The van der Waals surface area contributed by atoms with Crippen molar-refractivity contribution in [1.29, 1.82) is 0 Å². The summed E-state index contributed by atoms with van der Waals surface area (Å²) >= 11 is 0. The first-order valence-electron chi connectivity index (χ1n) is 5.24. The maximum Gasteiger partial charge on any atom is 0.336 e. The lowest BCUT2D eigenvalue weighted by Gasteiger charge is -2.11. The number of carboxylic acids is 1. The van der Waals surface area contributed by atoms with Gasteiger partial charge in [-0.05, 0) is 26.0 Å². The fraction of sp³-hybridized carbons (Fsp3) is 0.364. The molecule has 0 heterocycles. The van der Waals surface area contributed by atoms with Crippen LogP contribution in [-0.4, -0.2) is 28.6 Å². The number of carbonyl (C=O) groups is 1. The molecular weight excluding hydrogens is 240 g/mol. The summed E-state index contributed by atoms with van der Waals surface area (Å²) in [6.07, 6.45) is 0. The maximum atomic E-state index is 11.0. The summed E-state index contributed by atoms with van der Waals surface area (Å²) < 4.78 is 5.22. The summed E-state index contributed by atoms with van der Waals surface area (Å²) in [6.45, 7) is 3.19. The Morgan fingerprint density at radius 3 is 2.67 bits per heavy atom. The van der Waals surface area contributed by atoms with Gasteiger partial charge >= 0.3 is 11.7 Å². The number of nitro benzene ring substituents is 1. The number of nitro groups is 1. The molecule has 0 fully saturated rings. The van der Waals surface area contributed by atoms with Crippen molar-refractivity contribution in [2.24, 2.45) is 5.73 Å². The standard InChI is InChI=1S/C11H14N2O5/c1-6(12)5-18-9-4-3-8(11(14)15)7(2)10(9)13(16)17/h3-4,6H,5,12H2,1-2H3,(H,14,15)/t6-/m0/s1. The molecule has 1 atom stereocenters. The van der Waals surface area contributed by atoms with E-state index >= 15 is 0 Å². The Balaban J connectivity index is 3.23. The molecule has 0 saturated carbocycles. The monoisotopic (exact) mass is 254 g/mol. The molecule has 7 heteroatoms. The molecule has 0 spiro atoms. The van der Waals surface area contributed by atoms with Crippen molar-refractivity contribution in [3.8, 4) is 5.75 Å². The van der Waals surface area contributed by atoms with Crippen molar-refractivity contribution < 1.29 is 19.6 Å². The van der Waals surface area contributed by atoms with Gasteiger partial charge in [0.15, 0.2) is 5.75 Å². The molecule has 0 saturated heterocycles. The van der Waals surface area contributed by atoms with E-state index in [1.165, 1.54) is 19.1 Å². The molecule has 0 unspecified atom stereocenters. The molecular formula is C11H14N2O5. The zero-order valence-corrected chi connectivity index (χ0v) is 10.0. The topological polar surface area (TPSA) is 116 Å². The lowest BCUT2D eigenvalue weighted by atomic mass is 10.1. The average molecular weight is 254 g/mol. The van der Waals surface area contributed by atoms with Gasteiger partial charge in [-0.15, -0.1) is 0 Å². The maximum absolute atomic E-state index is 11.0. The van der Waals surface area contributed by atoms with E-state index in [9.17, 15) is 14.9 Å². The molecule has 1 rings (SSSR count). The SMILES string of the molecule is Cc1c(C(=O)O)ccc(OC[C@H](C)N)c1[N+](=O)[O-]. The third-order valence-electron chi connectivity index (χ3n) is 2.31. The molecule has 98 valence electrons. The van der Waals surface area contributed by atoms with E-state index < -0.39 is 10.9 Å². The Morgan fingerprint density at radius 2 is 2.22 bits per heavy atom. The highest BCUT2D eigenvalue weighted by molar-refractivity contribution is 5.91. The van der Waals surface area contributed by atoms with Crippen LogP contribution >= 0.6 is 0 Å². The Labute approximate surface area is 103 Å². The van der Waals surface area contributed by atoms with Crippen molar-refractivity contribution in [2.75, 3.05) is 6.61 Å². The summed E-state index contributed by atoms with van der Waals surface area (Å²) in [5, 5.41) is 19.9. The molecule has 1 aromatic carbocycles. The zero-order chi connectivity index (χ0) is 13.9. The van der Waals surface area contributed by atoms with E-state index in [4.69, 9.17) is 15.6 Å². The van der Waals surface area contributed by atoms with Crippen LogP contribution in [0.3, 0.4) is 0 Å². The smallest absolute Gasteiger partial charge is 0.336 e. The second-order valence-electron chi connectivity index (χ2n) is 3.94. The average Bonchev–Trinajstić information content (AvgIpc) is 2.24. The van der Waals surface area contributed by atoms with Gasteiger partial charge in [-0.1, -0.05) is 0 Å². The Morgan fingerprint density at radius 1 is 1.61 bits per heavy atom. The van der Waals surface area contributed by atoms with Crippen LogP contribution in [0.1, 0.15) is 22.8 Å². The summed E-state index contributed by atoms with van der Waals surface area (Å²) in [5.41, 5.74) is 5.10. The third-order valence-corrected chi connectivity index (χ3v) is 2.31. The van der Waals surface area contributed by atoms with E-state index in [0.29, 0.717) is 0 Å². The molecule has 0 aliphatic carbocycles. The molecule has 0 bridgehead atoms. The number of ether oxygens (including phenoxy) is 1. The minimum absolute atomic E-state index is 0.0276. The normalized spacial score (nSPS) is 11.9. The molecule has 18 heavy (non-hydrogen) atoms. The summed E-state index contributed by atoms with van der Waals surface area (Å²) in [6, 6.07) is 2.28. The van der Waals surface area contributed by atoms with Crippen LogP contribution in [0.4, 0.5) is 5.69 Å². The molecule has 0 aliphatic rings. The lowest BCUT2D eigenvalue weighted by molar-refractivity contribution is -0.386. The fourth-order valence-electron chi connectivity index (χ4n) is 1.47. The van der Waals surface area contributed by atoms with E-state index in [-0.39, 0.29) is 35.2 Å². The summed E-state index contributed by atoms with van der Waals surface area (Å²) in [4.78, 5) is 21.2. The minimum Gasteiger partial charge on any atom is -0.485 e. The second-order valence-corrected chi connectivity index (χ2v) is 3.94. The third kappa shape index (κ3) is 2.95. The number of aromatic carboxylic acids is 1. The van der Waals surface area contributed by atoms with Crippen molar-refractivity contribution in [3.05, 3.63) is 33.4 Å². The first-order valence-corrected chi connectivity index (χ1v) is 5.24. The molecule has 1 aromatic rings. The predicted octanol–water partition coefficient (Wildman–Crippen LogP) is 1.33. The number of nitrogens with two attached hydrogens (primary N) is 1. The number of carboxylic acid groups (broad SMARTS) is 1. The van der Waals surface area contributed by atoms with Crippen LogP contribution in [0.25, 0.3) is 0 Å². The number of rotatable bonds is 5. The molecule has 0 amide bonds. The second kappa shape index (κ2) is 5.46. The van der Waals surface area contributed by atoms with Gasteiger partial charge in [-0.2, -0.15) is 0 Å². The van der Waals surface area contributed by atoms with Crippen LogP contribution in [-0.2, 0) is 0 Å². The number of benzene rings is 1. The fourth-order valence-corrected chi connectivity index (χ4v) is 1.47. The van der Waals surface area contributed by atoms with E-state index in [1.807, 2.05) is 0 Å². The largest absolute Gasteiger partial charge is 0.485 e. The highest BCUT2D eigenvalue weighted by atomic mass is 16.6. The minimum atomic E-state index is -1.21. The van der Waals surface area contributed by atoms with Gasteiger partial charge in [0.05, 0.1) is 10.5 Å². The predicted molar refractivity (Wildman–Crippen MR) is 63.9 cm³/mol. The van der Waals surface area contributed by atoms with Crippen molar-refractivity contribution >= 4 is 11.7 Å². The lowest BCUT2D eigenvalue weighted by Crippen LogP contribution is -2.24. The molecule has 0 aromatic heterocycles. The summed E-state index contributed by atoms with van der Waals surface area (Å²) in [5.74, 6) is -1.19. The highest BCUT2D eigenvalue weighted by Gasteiger charge is 2.24.